The fourth-order valence-electron chi connectivity index (χ4n) is 6.31. The number of hydrogen-bond acceptors (Lipinski definition) is 5. The van der Waals surface area contributed by atoms with Crippen molar-refractivity contribution in [3.63, 3.8) is 0 Å². The molecule has 34 heavy (non-hydrogen) atoms. The average Bonchev–Trinajstić information content (AvgIpc) is 3.62. The summed E-state index contributed by atoms with van der Waals surface area (Å²) in [4.78, 5) is 53.2. The lowest BCUT2D eigenvalue weighted by Gasteiger charge is -2.37. The van der Waals surface area contributed by atoms with E-state index < -0.39 is 5.97 Å². The number of allylic oxidation sites excluding steroid dienone is 2. The summed E-state index contributed by atoms with van der Waals surface area (Å²) in [5, 5.41) is 0. The zero-order valence-electron chi connectivity index (χ0n) is 19.1. The van der Waals surface area contributed by atoms with Crippen LogP contribution >= 0.6 is 0 Å². The number of nitrogens with zero attached hydrogens (tertiary/aromatic N) is 1. The number of aryl methyl sites for hydroxylation is 2. The Morgan fingerprint density at radius 2 is 1.62 bits per heavy atom. The van der Waals surface area contributed by atoms with E-state index in [-0.39, 0.29) is 53.4 Å². The van der Waals surface area contributed by atoms with E-state index in [1.807, 2.05) is 26.0 Å². The quantitative estimate of drug-likeness (QED) is 0.296. The van der Waals surface area contributed by atoms with Gasteiger partial charge in [-0.2, -0.15) is 0 Å². The lowest BCUT2D eigenvalue weighted by Crippen LogP contribution is -2.40. The van der Waals surface area contributed by atoms with E-state index in [4.69, 9.17) is 4.74 Å². The van der Waals surface area contributed by atoms with Gasteiger partial charge in [0.05, 0.1) is 23.1 Å². The first-order chi connectivity index (χ1) is 16.3. The molecule has 1 saturated heterocycles. The molecule has 2 amide bonds. The normalized spacial score (nSPS) is 30.2. The van der Waals surface area contributed by atoms with E-state index in [0.29, 0.717) is 23.1 Å². The highest BCUT2D eigenvalue weighted by molar-refractivity contribution is 6.23. The number of carbonyl (C=O) groups is 4. The topological polar surface area (TPSA) is 80.8 Å². The molecule has 2 bridgehead atoms. The molecule has 2 aromatic rings. The van der Waals surface area contributed by atoms with Gasteiger partial charge in [0.1, 0.15) is 0 Å². The Morgan fingerprint density at radius 1 is 0.941 bits per heavy atom. The Bertz CT molecular complexity index is 1260. The molecular weight excluding hydrogens is 430 g/mol. The van der Waals surface area contributed by atoms with E-state index >= 15 is 0 Å². The number of anilines is 1. The highest BCUT2D eigenvalue weighted by Crippen LogP contribution is 2.65. The van der Waals surface area contributed by atoms with Gasteiger partial charge < -0.3 is 4.74 Å². The van der Waals surface area contributed by atoms with E-state index in [0.717, 1.165) is 17.5 Å². The smallest absolute Gasteiger partial charge is 0.338 e. The van der Waals surface area contributed by atoms with Gasteiger partial charge in [0, 0.05) is 5.56 Å². The van der Waals surface area contributed by atoms with Crippen molar-refractivity contribution in [3.8, 4) is 0 Å². The van der Waals surface area contributed by atoms with Crippen molar-refractivity contribution in [1.29, 1.82) is 0 Å². The summed E-state index contributed by atoms with van der Waals surface area (Å²) in [7, 11) is 0. The molecule has 0 aromatic heterocycles. The van der Waals surface area contributed by atoms with Gasteiger partial charge in [0.25, 0.3) is 0 Å². The number of esters is 1. The fourth-order valence-corrected chi connectivity index (χ4v) is 6.31. The van der Waals surface area contributed by atoms with Crippen molar-refractivity contribution in [2.24, 2.45) is 35.5 Å². The second-order valence-corrected chi connectivity index (χ2v) is 10.0. The first kappa shape index (κ1) is 21.0. The van der Waals surface area contributed by atoms with Gasteiger partial charge in [-0.3, -0.25) is 14.4 Å². The van der Waals surface area contributed by atoms with Crippen molar-refractivity contribution in [1.82, 2.24) is 0 Å². The van der Waals surface area contributed by atoms with Crippen LogP contribution < -0.4 is 4.90 Å². The molecule has 3 fully saturated rings. The Labute approximate surface area is 197 Å². The maximum absolute atomic E-state index is 13.3. The van der Waals surface area contributed by atoms with Crippen LogP contribution in [0.4, 0.5) is 5.69 Å². The van der Waals surface area contributed by atoms with Gasteiger partial charge in [-0.15, -0.1) is 0 Å². The van der Waals surface area contributed by atoms with Crippen LogP contribution in [-0.2, 0) is 14.3 Å². The van der Waals surface area contributed by atoms with E-state index in [1.54, 1.807) is 24.3 Å². The summed E-state index contributed by atoms with van der Waals surface area (Å²) in [5.41, 5.74) is 2.88. The van der Waals surface area contributed by atoms with Crippen molar-refractivity contribution >= 4 is 29.3 Å². The molecular formula is C28H25NO5. The molecule has 6 unspecified atom stereocenters. The SMILES string of the molecule is Cc1ccc(C)c(C(=O)COC(=O)c2cccc(N3C(=O)C4C5C=CC(C6CC56)C4C3=O)c2)c1. The standard InChI is InChI=1S/C28H25NO5/c1-14-6-7-15(2)20(10-14)23(30)13-34-28(33)16-4-3-5-17(11-16)29-26(31)24-18-8-9-19(22-12-21(18)22)25(24)27(29)32/h3-11,18-19,21-22,24-25H,12-13H2,1-2H3. The third-order valence-electron chi connectivity index (χ3n) is 8.03. The number of benzene rings is 2. The van der Waals surface area contributed by atoms with Crippen molar-refractivity contribution in [2.45, 2.75) is 20.3 Å². The Balaban J connectivity index is 1.19. The summed E-state index contributed by atoms with van der Waals surface area (Å²) in [6.45, 7) is 3.36. The second-order valence-electron chi connectivity index (χ2n) is 10.0. The van der Waals surface area contributed by atoms with Crippen LogP contribution in [0.3, 0.4) is 0 Å². The molecule has 6 heteroatoms. The zero-order valence-corrected chi connectivity index (χ0v) is 19.1. The molecule has 2 saturated carbocycles. The highest BCUT2D eigenvalue weighted by atomic mass is 16.5. The van der Waals surface area contributed by atoms with Crippen LogP contribution in [0.1, 0.15) is 38.3 Å². The molecule has 1 aliphatic heterocycles. The zero-order chi connectivity index (χ0) is 23.7. The number of ketones is 1. The number of carbonyl (C=O) groups excluding carboxylic acids is 4. The number of ether oxygens (including phenoxy) is 1. The summed E-state index contributed by atoms with van der Waals surface area (Å²) < 4.78 is 5.28. The summed E-state index contributed by atoms with van der Waals surface area (Å²) in [6, 6.07) is 11.9. The first-order valence-electron chi connectivity index (χ1n) is 11.8. The van der Waals surface area contributed by atoms with Gasteiger partial charge in [0.2, 0.25) is 17.6 Å². The summed E-state index contributed by atoms with van der Waals surface area (Å²) in [6.07, 6.45) is 5.38. The molecule has 0 radical (unpaired) electrons. The minimum atomic E-state index is -0.667. The van der Waals surface area contributed by atoms with E-state index in [1.165, 1.54) is 11.0 Å². The maximum atomic E-state index is 13.3. The van der Waals surface area contributed by atoms with Crippen LogP contribution in [0.15, 0.2) is 54.6 Å². The lowest BCUT2D eigenvalue weighted by atomic mass is 9.63. The lowest BCUT2D eigenvalue weighted by molar-refractivity contribution is -0.124. The van der Waals surface area contributed by atoms with Crippen LogP contribution in [0.25, 0.3) is 0 Å². The van der Waals surface area contributed by atoms with Crippen LogP contribution in [0.5, 0.6) is 0 Å². The molecule has 0 spiro atoms. The molecule has 0 N–H and O–H groups in total. The first-order valence-corrected chi connectivity index (χ1v) is 11.8. The monoisotopic (exact) mass is 455 g/mol. The van der Waals surface area contributed by atoms with Crippen molar-refractivity contribution in [3.05, 3.63) is 76.9 Å². The van der Waals surface area contributed by atoms with Crippen LogP contribution in [0.2, 0.25) is 0 Å². The van der Waals surface area contributed by atoms with Gasteiger partial charge in [0.15, 0.2) is 6.61 Å². The number of amides is 2. The van der Waals surface area contributed by atoms with Crippen molar-refractivity contribution in [2.75, 3.05) is 11.5 Å². The Hall–Kier alpha value is -3.54. The highest BCUT2D eigenvalue weighted by Gasteiger charge is 2.67. The van der Waals surface area contributed by atoms with Gasteiger partial charge in [-0.05, 0) is 73.8 Å². The summed E-state index contributed by atoms with van der Waals surface area (Å²) >= 11 is 0. The molecule has 172 valence electrons. The number of hydrogen-bond donors (Lipinski definition) is 0. The fraction of sp³-hybridized carbons (Fsp3) is 0.357. The predicted molar refractivity (Wildman–Crippen MR) is 124 cm³/mol. The minimum absolute atomic E-state index is 0.144. The molecule has 7 rings (SSSR count). The Morgan fingerprint density at radius 3 is 2.29 bits per heavy atom. The van der Waals surface area contributed by atoms with Crippen LogP contribution in [-0.4, -0.2) is 30.2 Å². The number of imide groups is 1. The number of Topliss-reactive ketones (excluding diaryl/α,β-unsaturated/α-hetero) is 1. The molecule has 6 atom stereocenters. The molecule has 5 aliphatic rings. The largest absolute Gasteiger partial charge is 0.454 e. The Kier molecular flexibility index (Phi) is 4.63. The van der Waals surface area contributed by atoms with Crippen LogP contribution in [0, 0.1) is 49.4 Å². The minimum Gasteiger partial charge on any atom is -0.454 e. The van der Waals surface area contributed by atoms with Gasteiger partial charge in [-0.1, -0.05) is 35.9 Å². The third kappa shape index (κ3) is 3.08. The van der Waals surface area contributed by atoms with Crippen molar-refractivity contribution < 1.29 is 23.9 Å². The third-order valence-corrected chi connectivity index (χ3v) is 8.03. The molecule has 2 aromatic carbocycles. The predicted octanol–water partition coefficient (Wildman–Crippen LogP) is 3.90. The molecule has 1 heterocycles. The summed E-state index contributed by atoms with van der Waals surface area (Å²) in [5.74, 6) is -0.523. The van der Waals surface area contributed by atoms with E-state index in [2.05, 4.69) is 12.2 Å². The molecule has 4 aliphatic carbocycles. The molecule has 6 nitrogen and oxygen atoms in total. The van der Waals surface area contributed by atoms with Gasteiger partial charge in [-0.25, -0.2) is 9.69 Å². The number of rotatable bonds is 5. The van der Waals surface area contributed by atoms with E-state index in [9.17, 15) is 19.2 Å². The van der Waals surface area contributed by atoms with Gasteiger partial charge >= 0.3 is 5.97 Å². The second kappa shape index (κ2) is 7.49. The maximum Gasteiger partial charge on any atom is 0.338 e. The average molecular weight is 456 g/mol.